The molecule has 110 valence electrons. The number of methoxy groups -OCH3 is 1. The first-order valence-electron chi connectivity index (χ1n) is 6.74. The van der Waals surface area contributed by atoms with Gasteiger partial charge in [0.2, 0.25) is 0 Å². The van der Waals surface area contributed by atoms with Crippen LogP contribution in [0, 0.1) is 0 Å². The third-order valence-corrected chi connectivity index (χ3v) is 4.66. The lowest BCUT2D eigenvalue weighted by Gasteiger charge is -2.13. The monoisotopic (exact) mass is 295 g/mol. The predicted molar refractivity (Wildman–Crippen MR) is 82.4 cm³/mol. The molecule has 0 aliphatic heterocycles. The highest BCUT2D eigenvalue weighted by molar-refractivity contribution is 7.85. The number of nitrogens with one attached hydrogen (secondary N) is 1. The van der Waals surface area contributed by atoms with Gasteiger partial charge in [-0.3, -0.25) is 4.21 Å². The zero-order chi connectivity index (χ0) is 14.4. The summed E-state index contributed by atoms with van der Waals surface area (Å²) in [6.45, 7) is 0.653. The largest absolute Gasteiger partial charge is 0.459 e. The molecule has 0 spiro atoms. The van der Waals surface area contributed by atoms with E-state index in [0.29, 0.717) is 18.1 Å². The molecule has 1 aromatic carbocycles. The SMILES string of the molecule is CNC(CS(=O)CCCOC)c1cc2ccccc2o1. The molecule has 4 nitrogen and oxygen atoms in total. The molecule has 2 unspecified atom stereocenters. The van der Waals surface area contributed by atoms with Gasteiger partial charge < -0.3 is 14.5 Å². The molecule has 0 radical (unpaired) electrons. The Morgan fingerprint density at radius 1 is 1.40 bits per heavy atom. The van der Waals surface area contributed by atoms with Crippen molar-refractivity contribution in [2.75, 3.05) is 32.3 Å². The number of hydrogen-bond donors (Lipinski definition) is 1. The molecule has 2 rings (SSSR count). The number of para-hydroxylation sites is 1. The molecule has 0 aliphatic rings. The second-order valence-corrected chi connectivity index (χ2v) is 6.31. The van der Waals surface area contributed by atoms with Gasteiger partial charge in [0.05, 0.1) is 6.04 Å². The van der Waals surface area contributed by atoms with Crippen LogP contribution in [0.4, 0.5) is 0 Å². The summed E-state index contributed by atoms with van der Waals surface area (Å²) in [6.07, 6.45) is 0.819. The number of hydrogen-bond acceptors (Lipinski definition) is 4. The Morgan fingerprint density at radius 2 is 2.20 bits per heavy atom. The van der Waals surface area contributed by atoms with E-state index in [4.69, 9.17) is 9.15 Å². The van der Waals surface area contributed by atoms with E-state index in [9.17, 15) is 4.21 Å². The normalized spacial score (nSPS) is 14.5. The average molecular weight is 295 g/mol. The van der Waals surface area contributed by atoms with E-state index >= 15 is 0 Å². The van der Waals surface area contributed by atoms with Crippen molar-refractivity contribution >= 4 is 21.8 Å². The first-order valence-corrected chi connectivity index (χ1v) is 8.23. The maximum Gasteiger partial charge on any atom is 0.134 e. The minimum absolute atomic E-state index is 0.0224. The molecular formula is C15H21NO3S. The topological polar surface area (TPSA) is 51.5 Å². The summed E-state index contributed by atoms with van der Waals surface area (Å²) in [5, 5.41) is 4.26. The molecule has 1 N–H and O–H groups in total. The molecular weight excluding hydrogens is 274 g/mol. The first kappa shape index (κ1) is 15.2. The summed E-state index contributed by atoms with van der Waals surface area (Å²) in [5.41, 5.74) is 0.868. The minimum Gasteiger partial charge on any atom is -0.459 e. The molecule has 20 heavy (non-hydrogen) atoms. The second kappa shape index (κ2) is 7.57. The molecule has 1 heterocycles. The molecule has 2 atom stereocenters. The van der Waals surface area contributed by atoms with Gasteiger partial charge in [0.15, 0.2) is 0 Å². The van der Waals surface area contributed by atoms with Crippen molar-refractivity contribution in [1.82, 2.24) is 5.32 Å². The van der Waals surface area contributed by atoms with Crippen molar-refractivity contribution < 1.29 is 13.4 Å². The Bertz CT molecular complexity index is 534. The van der Waals surface area contributed by atoms with Crippen molar-refractivity contribution in [2.24, 2.45) is 0 Å². The molecule has 0 fully saturated rings. The van der Waals surface area contributed by atoms with Crippen molar-refractivity contribution in [3.05, 3.63) is 36.1 Å². The summed E-state index contributed by atoms with van der Waals surface area (Å²) in [6, 6.07) is 9.89. The van der Waals surface area contributed by atoms with Gasteiger partial charge in [0.25, 0.3) is 0 Å². The van der Waals surface area contributed by atoms with Crippen LogP contribution in [0.25, 0.3) is 11.0 Å². The molecule has 2 aromatic rings. The van der Waals surface area contributed by atoms with E-state index in [1.807, 2.05) is 37.4 Å². The van der Waals surface area contributed by atoms with Crippen LogP contribution in [-0.2, 0) is 15.5 Å². The van der Waals surface area contributed by atoms with Gasteiger partial charge in [-0.1, -0.05) is 18.2 Å². The van der Waals surface area contributed by atoms with Crippen LogP contribution in [0.5, 0.6) is 0 Å². The lowest BCUT2D eigenvalue weighted by molar-refractivity contribution is 0.200. The third kappa shape index (κ3) is 3.91. The fraction of sp³-hybridized carbons (Fsp3) is 0.467. The van der Waals surface area contributed by atoms with Crippen molar-refractivity contribution in [3.8, 4) is 0 Å². The Morgan fingerprint density at radius 3 is 2.90 bits per heavy atom. The van der Waals surface area contributed by atoms with E-state index in [0.717, 1.165) is 23.2 Å². The lowest BCUT2D eigenvalue weighted by Crippen LogP contribution is -2.23. The predicted octanol–water partition coefficient (Wildman–Crippen LogP) is 2.48. The number of fused-ring (bicyclic) bond motifs is 1. The van der Waals surface area contributed by atoms with E-state index in [1.165, 1.54) is 0 Å². The van der Waals surface area contributed by atoms with Crippen molar-refractivity contribution in [1.29, 1.82) is 0 Å². The van der Waals surface area contributed by atoms with Crippen LogP contribution >= 0.6 is 0 Å². The Labute approximate surface area is 121 Å². The van der Waals surface area contributed by atoms with Gasteiger partial charge in [-0.25, -0.2) is 0 Å². The van der Waals surface area contributed by atoms with Crippen LogP contribution in [0.3, 0.4) is 0 Å². The molecule has 0 aliphatic carbocycles. The zero-order valence-electron chi connectivity index (χ0n) is 11.9. The van der Waals surface area contributed by atoms with Gasteiger partial charge in [-0.15, -0.1) is 0 Å². The van der Waals surface area contributed by atoms with E-state index in [1.54, 1.807) is 7.11 Å². The molecule has 5 heteroatoms. The number of rotatable bonds is 8. The second-order valence-electron chi connectivity index (χ2n) is 4.68. The van der Waals surface area contributed by atoms with Gasteiger partial charge in [0, 0.05) is 41.4 Å². The fourth-order valence-electron chi connectivity index (χ4n) is 2.12. The highest BCUT2D eigenvalue weighted by atomic mass is 32.2. The highest BCUT2D eigenvalue weighted by Crippen LogP contribution is 2.24. The lowest BCUT2D eigenvalue weighted by atomic mass is 10.2. The number of benzene rings is 1. The van der Waals surface area contributed by atoms with Gasteiger partial charge >= 0.3 is 0 Å². The average Bonchev–Trinajstić information content (AvgIpc) is 2.88. The van der Waals surface area contributed by atoms with Crippen LogP contribution in [0.2, 0.25) is 0 Å². The van der Waals surface area contributed by atoms with Crippen LogP contribution in [0.15, 0.2) is 34.7 Å². The summed E-state index contributed by atoms with van der Waals surface area (Å²) in [5.74, 6) is 2.06. The zero-order valence-corrected chi connectivity index (χ0v) is 12.7. The summed E-state index contributed by atoms with van der Waals surface area (Å²) in [4.78, 5) is 0. The first-order chi connectivity index (χ1) is 9.74. The Kier molecular flexibility index (Phi) is 5.76. The molecule has 0 bridgehead atoms. The molecule has 1 aromatic heterocycles. The van der Waals surface area contributed by atoms with Gasteiger partial charge in [0.1, 0.15) is 11.3 Å². The van der Waals surface area contributed by atoms with Crippen LogP contribution in [0.1, 0.15) is 18.2 Å². The van der Waals surface area contributed by atoms with Gasteiger partial charge in [-0.05, 0) is 25.6 Å². The minimum atomic E-state index is -0.876. The maximum absolute atomic E-state index is 12.0. The van der Waals surface area contributed by atoms with Gasteiger partial charge in [-0.2, -0.15) is 0 Å². The molecule has 0 amide bonds. The summed E-state index contributed by atoms with van der Waals surface area (Å²) < 4.78 is 22.9. The smallest absolute Gasteiger partial charge is 0.134 e. The summed E-state index contributed by atoms with van der Waals surface area (Å²) in [7, 11) is 2.65. The Hall–Kier alpha value is -1.17. The van der Waals surface area contributed by atoms with Crippen molar-refractivity contribution in [3.63, 3.8) is 0 Å². The van der Waals surface area contributed by atoms with Crippen LogP contribution < -0.4 is 5.32 Å². The quantitative estimate of drug-likeness (QED) is 0.760. The number of ether oxygens (including phenoxy) is 1. The highest BCUT2D eigenvalue weighted by Gasteiger charge is 2.17. The van der Waals surface area contributed by atoms with Crippen LogP contribution in [-0.4, -0.2) is 36.5 Å². The third-order valence-electron chi connectivity index (χ3n) is 3.21. The summed E-state index contributed by atoms with van der Waals surface area (Å²) >= 11 is 0. The standard InChI is InChI=1S/C15H21NO3S/c1-16-13(11-20(17)9-5-8-18-2)15-10-12-6-3-4-7-14(12)19-15/h3-4,6-7,10,13,16H,5,8-9,11H2,1-2H3. The van der Waals surface area contributed by atoms with E-state index < -0.39 is 10.8 Å². The van der Waals surface area contributed by atoms with E-state index in [2.05, 4.69) is 5.32 Å². The van der Waals surface area contributed by atoms with Crippen molar-refractivity contribution in [2.45, 2.75) is 12.5 Å². The van der Waals surface area contributed by atoms with E-state index in [-0.39, 0.29) is 6.04 Å². The molecule has 0 saturated heterocycles. The molecule has 0 saturated carbocycles. The number of furan rings is 1. The fourth-order valence-corrected chi connectivity index (χ4v) is 3.42. The Balaban J connectivity index is 2.02. The maximum atomic E-state index is 12.0.